The van der Waals surface area contributed by atoms with E-state index in [1.165, 1.54) is 17.7 Å². The van der Waals surface area contributed by atoms with E-state index in [1.807, 2.05) is 0 Å². The molecule has 0 saturated carbocycles. The lowest BCUT2D eigenvalue weighted by molar-refractivity contribution is 0.153. The lowest BCUT2D eigenvalue weighted by atomic mass is 10.1. The Hall–Kier alpha value is -2.87. The number of nitrogens with zero attached hydrogens (tertiary/aromatic N) is 2. The molecule has 8 heteroatoms. The second kappa shape index (κ2) is 7.17. The van der Waals surface area contributed by atoms with Gasteiger partial charge >= 0.3 is 0 Å². The Bertz CT molecular complexity index is 1110. The molecule has 0 aliphatic rings. The van der Waals surface area contributed by atoms with Crippen molar-refractivity contribution >= 4 is 23.3 Å². The third-order valence-corrected chi connectivity index (χ3v) is 4.21. The molecule has 5 nitrogen and oxygen atoms in total. The van der Waals surface area contributed by atoms with Gasteiger partial charge in [-0.25, -0.2) is 13.8 Å². The molecule has 0 spiro atoms. The molecule has 1 aromatic carbocycles. The van der Waals surface area contributed by atoms with Gasteiger partial charge in [-0.1, -0.05) is 18.2 Å². The maximum atomic E-state index is 13.7. The SMILES string of the molecule is C=CCn1c(=S)[nH]c(=O)c2c(C(F)F)cc(-c3cccc(OC)c3)nc21. The van der Waals surface area contributed by atoms with Gasteiger partial charge in [0.1, 0.15) is 11.4 Å². The van der Waals surface area contributed by atoms with E-state index in [2.05, 4.69) is 16.5 Å². The van der Waals surface area contributed by atoms with Crippen LogP contribution in [0.25, 0.3) is 22.3 Å². The number of halogens is 2. The number of pyridine rings is 1. The van der Waals surface area contributed by atoms with Crippen LogP contribution in [0.3, 0.4) is 0 Å². The van der Waals surface area contributed by atoms with Crippen LogP contribution < -0.4 is 10.3 Å². The fourth-order valence-corrected chi connectivity index (χ4v) is 2.96. The Kier molecular flexibility index (Phi) is 4.94. The van der Waals surface area contributed by atoms with Gasteiger partial charge in [-0.2, -0.15) is 0 Å². The van der Waals surface area contributed by atoms with Crippen molar-refractivity contribution in [2.24, 2.45) is 0 Å². The maximum Gasteiger partial charge on any atom is 0.264 e. The van der Waals surface area contributed by atoms with Crippen LogP contribution in [-0.4, -0.2) is 21.6 Å². The number of H-pyrrole nitrogens is 1. The molecule has 0 aliphatic carbocycles. The van der Waals surface area contributed by atoms with Crippen molar-refractivity contribution in [1.82, 2.24) is 14.5 Å². The van der Waals surface area contributed by atoms with Gasteiger partial charge in [0.05, 0.1) is 18.2 Å². The smallest absolute Gasteiger partial charge is 0.264 e. The number of fused-ring (bicyclic) bond motifs is 1. The first kappa shape index (κ1) is 17.9. The number of aromatic nitrogens is 3. The van der Waals surface area contributed by atoms with E-state index >= 15 is 0 Å². The molecule has 0 atom stereocenters. The number of methoxy groups -OCH3 is 1. The molecule has 0 unspecified atom stereocenters. The highest BCUT2D eigenvalue weighted by Gasteiger charge is 2.20. The van der Waals surface area contributed by atoms with E-state index in [0.717, 1.165) is 0 Å². The largest absolute Gasteiger partial charge is 0.497 e. The number of allylic oxidation sites excluding steroid dienone is 1. The van der Waals surface area contributed by atoms with E-state index < -0.39 is 17.5 Å². The molecule has 3 rings (SSSR count). The normalized spacial score (nSPS) is 11.1. The highest BCUT2D eigenvalue weighted by Crippen LogP contribution is 2.30. The summed E-state index contributed by atoms with van der Waals surface area (Å²) in [6, 6.07) is 8.10. The number of benzene rings is 1. The van der Waals surface area contributed by atoms with Gasteiger partial charge in [0, 0.05) is 17.7 Å². The van der Waals surface area contributed by atoms with Crippen molar-refractivity contribution in [1.29, 1.82) is 0 Å². The highest BCUT2D eigenvalue weighted by atomic mass is 32.1. The van der Waals surface area contributed by atoms with Gasteiger partial charge in [-0.15, -0.1) is 6.58 Å². The van der Waals surface area contributed by atoms with Crippen LogP contribution in [0.15, 0.2) is 47.8 Å². The molecule has 1 N–H and O–H groups in total. The Morgan fingerprint density at radius 2 is 2.19 bits per heavy atom. The first-order valence-corrected chi connectivity index (χ1v) is 8.08. The summed E-state index contributed by atoms with van der Waals surface area (Å²) in [5.74, 6) is 0.567. The van der Waals surface area contributed by atoms with Crippen LogP contribution in [0.2, 0.25) is 0 Å². The van der Waals surface area contributed by atoms with Gasteiger partial charge in [0.25, 0.3) is 12.0 Å². The van der Waals surface area contributed by atoms with Crippen molar-refractivity contribution in [3.05, 3.63) is 63.7 Å². The van der Waals surface area contributed by atoms with Crippen molar-refractivity contribution in [2.75, 3.05) is 7.11 Å². The fraction of sp³-hybridized carbons (Fsp3) is 0.167. The third kappa shape index (κ3) is 3.15. The Labute approximate surface area is 152 Å². The number of ether oxygens (including phenoxy) is 1. The number of rotatable bonds is 5. The zero-order valence-corrected chi connectivity index (χ0v) is 14.6. The summed E-state index contributed by atoms with van der Waals surface area (Å²) in [6.07, 6.45) is -1.30. The summed E-state index contributed by atoms with van der Waals surface area (Å²) in [4.78, 5) is 19.1. The summed E-state index contributed by atoms with van der Waals surface area (Å²) in [5.41, 5.74) is -0.115. The number of hydrogen-bond acceptors (Lipinski definition) is 4. The monoisotopic (exact) mass is 375 g/mol. The summed E-state index contributed by atoms with van der Waals surface area (Å²) >= 11 is 5.15. The standard InChI is InChI=1S/C18H15F2N3O2S/c1-3-7-23-16-14(17(24)22-18(23)26)12(15(19)20)9-13(21-16)10-5-4-6-11(8-10)25-2/h3-6,8-9,15H,1,7H2,2H3,(H,22,24,26). The molecule has 0 fully saturated rings. The Morgan fingerprint density at radius 1 is 1.42 bits per heavy atom. The minimum Gasteiger partial charge on any atom is -0.497 e. The van der Waals surface area contributed by atoms with Gasteiger partial charge in [-0.05, 0) is 30.4 Å². The molecule has 0 aliphatic heterocycles. The van der Waals surface area contributed by atoms with Crippen LogP contribution in [0.5, 0.6) is 5.75 Å². The molecule has 134 valence electrons. The molecule has 0 bridgehead atoms. The second-order valence-corrected chi connectivity index (χ2v) is 5.87. The summed E-state index contributed by atoms with van der Waals surface area (Å²) in [6.45, 7) is 3.86. The molecule has 0 radical (unpaired) electrons. The summed E-state index contributed by atoms with van der Waals surface area (Å²) in [5, 5.41) is -0.179. The quantitative estimate of drug-likeness (QED) is 0.535. The zero-order chi connectivity index (χ0) is 18.8. The summed E-state index contributed by atoms with van der Waals surface area (Å²) in [7, 11) is 1.51. The highest BCUT2D eigenvalue weighted by molar-refractivity contribution is 7.71. The van der Waals surface area contributed by atoms with Crippen molar-refractivity contribution in [3.63, 3.8) is 0 Å². The van der Waals surface area contributed by atoms with Crippen LogP contribution in [0, 0.1) is 4.77 Å². The zero-order valence-electron chi connectivity index (χ0n) is 13.8. The van der Waals surface area contributed by atoms with Crippen molar-refractivity contribution < 1.29 is 13.5 Å². The first-order chi connectivity index (χ1) is 12.5. The average Bonchev–Trinajstić information content (AvgIpc) is 2.64. The van der Waals surface area contributed by atoms with Crippen LogP contribution in [0.1, 0.15) is 12.0 Å². The second-order valence-electron chi connectivity index (χ2n) is 5.49. The molecule has 26 heavy (non-hydrogen) atoms. The van der Waals surface area contributed by atoms with Gasteiger partial charge in [-0.3, -0.25) is 14.3 Å². The van der Waals surface area contributed by atoms with E-state index in [-0.39, 0.29) is 22.3 Å². The Balaban J connectivity index is 2.43. The number of alkyl halides is 2. The van der Waals surface area contributed by atoms with Crippen molar-refractivity contribution in [3.8, 4) is 17.0 Å². The minimum atomic E-state index is -2.85. The molecule has 0 saturated heterocycles. The van der Waals surface area contributed by atoms with E-state index in [9.17, 15) is 13.6 Å². The lowest BCUT2D eigenvalue weighted by Crippen LogP contribution is -2.17. The predicted molar refractivity (Wildman–Crippen MR) is 98.3 cm³/mol. The summed E-state index contributed by atoms with van der Waals surface area (Å²) < 4.78 is 34.1. The topological polar surface area (TPSA) is 59.9 Å². The first-order valence-electron chi connectivity index (χ1n) is 7.67. The Morgan fingerprint density at radius 3 is 2.85 bits per heavy atom. The number of hydrogen-bond donors (Lipinski definition) is 1. The number of nitrogens with one attached hydrogen (secondary N) is 1. The van der Waals surface area contributed by atoms with E-state index in [4.69, 9.17) is 17.0 Å². The van der Waals surface area contributed by atoms with Gasteiger partial charge in [0.2, 0.25) is 0 Å². The predicted octanol–water partition coefficient (Wildman–Crippen LogP) is 4.25. The fourth-order valence-electron chi connectivity index (χ4n) is 2.70. The van der Waals surface area contributed by atoms with Crippen molar-refractivity contribution in [2.45, 2.75) is 13.0 Å². The average molecular weight is 375 g/mol. The van der Waals surface area contributed by atoms with Crippen LogP contribution >= 0.6 is 12.2 Å². The number of aromatic amines is 1. The molecular weight excluding hydrogens is 360 g/mol. The van der Waals surface area contributed by atoms with E-state index in [0.29, 0.717) is 17.0 Å². The van der Waals surface area contributed by atoms with Gasteiger partial charge in [0.15, 0.2) is 4.77 Å². The lowest BCUT2D eigenvalue weighted by Gasteiger charge is -2.13. The van der Waals surface area contributed by atoms with Crippen LogP contribution in [-0.2, 0) is 6.54 Å². The van der Waals surface area contributed by atoms with E-state index in [1.54, 1.807) is 30.3 Å². The van der Waals surface area contributed by atoms with Gasteiger partial charge < -0.3 is 4.74 Å². The van der Waals surface area contributed by atoms with Crippen LogP contribution in [0.4, 0.5) is 8.78 Å². The molecule has 2 heterocycles. The molecule has 3 aromatic rings. The minimum absolute atomic E-state index is 0.0919. The molecular formula is C18H15F2N3O2S. The molecule has 0 amide bonds. The molecule has 2 aromatic heterocycles. The third-order valence-electron chi connectivity index (χ3n) is 3.89. The maximum absolute atomic E-state index is 13.7.